The van der Waals surface area contributed by atoms with Crippen molar-refractivity contribution in [2.75, 3.05) is 0 Å². The van der Waals surface area contributed by atoms with Crippen molar-refractivity contribution in [1.29, 1.82) is 0 Å². The Hall–Kier alpha value is -0.900. The fraction of sp³-hybridized carbons (Fsp3) is 0.300. The van der Waals surface area contributed by atoms with Crippen LogP contribution >= 0.6 is 15.9 Å². The summed E-state index contributed by atoms with van der Waals surface area (Å²) in [6, 6.07) is 4.29. The maximum absolute atomic E-state index is 13.2. The first-order valence-corrected chi connectivity index (χ1v) is 5.06. The molecule has 0 saturated carbocycles. The number of benzene rings is 1. The van der Waals surface area contributed by atoms with Gasteiger partial charge >= 0.3 is 0 Å². The van der Waals surface area contributed by atoms with E-state index in [0.717, 1.165) is 0 Å². The highest BCUT2D eigenvalue weighted by atomic mass is 79.9. The summed E-state index contributed by atoms with van der Waals surface area (Å²) in [6.07, 6.45) is 0. The highest BCUT2D eigenvalue weighted by Crippen LogP contribution is 2.15. The molecule has 1 aromatic carbocycles. The van der Waals surface area contributed by atoms with Crippen molar-refractivity contribution < 1.29 is 9.18 Å². The number of rotatable bonds is 2. The molecule has 0 radical (unpaired) electrons. The molecule has 0 spiro atoms. The molecule has 14 heavy (non-hydrogen) atoms. The topological polar surface area (TPSA) is 29.1 Å². The zero-order valence-electron chi connectivity index (χ0n) is 7.97. The van der Waals surface area contributed by atoms with E-state index < -0.39 is 5.82 Å². The van der Waals surface area contributed by atoms with Crippen LogP contribution < -0.4 is 5.32 Å². The third-order valence-electron chi connectivity index (χ3n) is 1.59. The molecule has 0 atom stereocenters. The lowest BCUT2D eigenvalue weighted by atomic mass is 10.2. The van der Waals surface area contributed by atoms with Crippen LogP contribution in [0, 0.1) is 5.82 Å². The van der Waals surface area contributed by atoms with E-state index >= 15 is 0 Å². The average Bonchev–Trinajstić information content (AvgIpc) is 2.08. The maximum atomic E-state index is 13.2. The van der Waals surface area contributed by atoms with E-state index in [1.54, 1.807) is 6.07 Å². The van der Waals surface area contributed by atoms with Crippen molar-refractivity contribution in [2.24, 2.45) is 0 Å². The minimum Gasteiger partial charge on any atom is -0.350 e. The van der Waals surface area contributed by atoms with Gasteiger partial charge in [0.05, 0.1) is 5.56 Å². The van der Waals surface area contributed by atoms with Crippen molar-refractivity contribution in [3.63, 3.8) is 0 Å². The number of hydrogen-bond acceptors (Lipinski definition) is 1. The average molecular weight is 260 g/mol. The summed E-state index contributed by atoms with van der Waals surface area (Å²) in [5.41, 5.74) is 0.0630. The largest absolute Gasteiger partial charge is 0.350 e. The van der Waals surface area contributed by atoms with Gasteiger partial charge in [-0.1, -0.05) is 15.9 Å². The predicted octanol–water partition coefficient (Wildman–Crippen LogP) is 2.73. The van der Waals surface area contributed by atoms with Crippen LogP contribution in [0.25, 0.3) is 0 Å². The Morgan fingerprint density at radius 3 is 2.71 bits per heavy atom. The van der Waals surface area contributed by atoms with Crippen LogP contribution in [0.15, 0.2) is 22.7 Å². The predicted molar refractivity (Wildman–Crippen MR) is 56.7 cm³/mol. The zero-order valence-corrected chi connectivity index (χ0v) is 9.56. The SMILES string of the molecule is CC(C)NC(=O)c1cc(Br)ccc1F. The molecule has 1 N–H and O–H groups in total. The van der Waals surface area contributed by atoms with Gasteiger partial charge in [0.15, 0.2) is 0 Å². The molecule has 0 aliphatic heterocycles. The van der Waals surface area contributed by atoms with Gasteiger partial charge in [0.25, 0.3) is 5.91 Å². The highest BCUT2D eigenvalue weighted by molar-refractivity contribution is 9.10. The van der Waals surface area contributed by atoms with Crippen molar-refractivity contribution in [3.05, 3.63) is 34.1 Å². The normalized spacial score (nSPS) is 10.4. The smallest absolute Gasteiger partial charge is 0.254 e. The summed E-state index contributed by atoms with van der Waals surface area (Å²) in [6.45, 7) is 3.65. The monoisotopic (exact) mass is 259 g/mol. The van der Waals surface area contributed by atoms with E-state index in [1.807, 2.05) is 13.8 Å². The second-order valence-electron chi connectivity index (χ2n) is 3.25. The molecular weight excluding hydrogens is 249 g/mol. The molecule has 1 rings (SSSR count). The third-order valence-corrected chi connectivity index (χ3v) is 2.09. The lowest BCUT2D eigenvalue weighted by molar-refractivity contribution is 0.0939. The van der Waals surface area contributed by atoms with Gasteiger partial charge in [-0.3, -0.25) is 4.79 Å². The number of carbonyl (C=O) groups is 1. The summed E-state index contributed by atoms with van der Waals surface area (Å²) in [5, 5.41) is 2.63. The van der Waals surface area contributed by atoms with Gasteiger partial charge in [-0.15, -0.1) is 0 Å². The fourth-order valence-corrected chi connectivity index (χ4v) is 1.37. The van der Waals surface area contributed by atoms with Crippen LogP contribution in [-0.4, -0.2) is 11.9 Å². The maximum Gasteiger partial charge on any atom is 0.254 e. The molecule has 2 nitrogen and oxygen atoms in total. The molecule has 1 aromatic rings. The minimum absolute atomic E-state index is 0.000816. The Balaban J connectivity index is 2.94. The number of carbonyl (C=O) groups excluding carboxylic acids is 1. The Morgan fingerprint density at radius 1 is 1.50 bits per heavy atom. The van der Waals surface area contributed by atoms with Crippen LogP contribution in [0.5, 0.6) is 0 Å². The lowest BCUT2D eigenvalue weighted by Gasteiger charge is -2.08. The molecule has 0 aliphatic carbocycles. The van der Waals surface area contributed by atoms with Crippen LogP contribution in [0.4, 0.5) is 4.39 Å². The molecule has 0 aromatic heterocycles. The van der Waals surface area contributed by atoms with Gasteiger partial charge in [0, 0.05) is 10.5 Å². The Morgan fingerprint density at radius 2 is 2.14 bits per heavy atom. The first-order valence-electron chi connectivity index (χ1n) is 4.26. The molecule has 0 heterocycles. The van der Waals surface area contributed by atoms with Gasteiger partial charge in [-0.2, -0.15) is 0 Å². The molecule has 76 valence electrons. The number of nitrogens with one attached hydrogen (secondary N) is 1. The highest BCUT2D eigenvalue weighted by Gasteiger charge is 2.12. The second kappa shape index (κ2) is 4.55. The number of halogens is 2. The first kappa shape index (κ1) is 11.2. The standard InChI is InChI=1S/C10H11BrFNO/c1-6(2)13-10(14)8-5-7(11)3-4-9(8)12/h3-6H,1-2H3,(H,13,14). The Kier molecular flexibility index (Phi) is 3.63. The van der Waals surface area contributed by atoms with Gasteiger partial charge in [0.1, 0.15) is 5.82 Å². The van der Waals surface area contributed by atoms with Crippen LogP contribution in [0.1, 0.15) is 24.2 Å². The fourth-order valence-electron chi connectivity index (χ4n) is 1.01. The minimum atomic E-state index is -0.508. The van der Waals surface area contributed by atoms with Crippen LogP contribution in [-0.2, 0) is 0 Å². The summed E-state index contributed by atoms with van der Waals surface area (Å²) in [4.78, 5) is 11.5. The summed E-state index contributed by atoms with van der Waals surface area (Å²) < 4.78 is 13.9. The summed E-state index contributed by atoms with van der Waals surface area (Å²) >= 11 is 3.18. The van der Waals surface area contributed by atoms with E-state index in [0.29, 0.717) is 4.47 Å². The zero-order chi connectivity index (χ0) is 10.7. The van der Waals surface area contributed by atoms with Gasteiger partial charge in [-0.25, -0.2) is 4.39 Å². The van der Waals surface area contributed by atoms with Gasteiger partial charge < -0.3 is 5.32 Å². The molecule has 0 fully saturated rings. The molecule has 0 unspecified atom stereocenters. The van der Waals surface area contributed by atoms with Crippen LogP contribution in [0.2, 0.25) is 0 Å². The molecule has 4 heteroatoms. The Labute approximate surface area is 90.6 Å². The second-order valence-corrected chi connectivity index (χ2v) is 4.17. The van der Waals surface area contributed by atoms with E-state index in [2.05, 4.69) is 21.2 Å². The number of amides is 1. The van der Waals surface area contributed by atoms with Crippen molar-refractivity contribution in [3.8, 4) is 0 Å². The van der Waals surface area contributed by atoms with Crippen molar-refractivity contribution in [1.82, 2.24) is 5.32 Å². The van der Waals surface area contributed by atoms with Crippen molar-refractivity contribution in [2.45, 2.75) is 19.9 Å². The van der Waals surface area contributed by atoms with Crippen molar-refractivity contribution >= 4 is 21.8 Å². The summed E-state index contributed by atoms with van der Waals surface area (Å²) in [5.74, 6) is -0.898. The summed E-state index contributed by atoms with van der Waals surface area (Å²) in [7, 11) is 0. The Bertz CT molecular complexity index is 352. The lowest BCUT2D eigenvalue weighted by Crippen LogP contribution is -2.30. The molecule has 0 saturated heterocycles. The van der Waals surface area contributed by atoms with Crippen LogP contribution in [0.3, 0.4) is 0 Å². The number of hydrogen-bond donors (Lipinski definition) is 1. The molecule has 0 bridgehead atoms. The van der Waals surface area contributed by atoms with E-state index in [9.17, 15) is 9.18 Å². The third kappa shape index (κ3) is 2.80. The van der Waals surface area contributed by atoms with E-state index in [4.69, 9.17) is 0 Å². The molecule has 0 aliphatic rings. The quantitative estimate of drug-likeness (QED) is 0.870. The molecule has 1 amide bonds. The van der Waals surface area contributed by atoms with E-state index in [1.165, 1.54) is 12.1 Å². The van der Waals surface area contributed by atoms with Gasteiger partial charge in [0.2, 0.25) is 0 Å². The van der Waals surface area contributed by atoms with Gasteiger partial charge in [-0.05, 0) is 32.0 Å². The first-order chi connectivity index (χ1) is 6.50. The molecular formula is C10H11BrFNO. The van der Waals surface area contributed by atoms with E-state index in [-0.39, 0.29) is 17.5 Å².